The summed E-state index contributed by atoms with van der Waals surface area (Å²) in [6.45, 7) is 1.88. The summed E-state index contributed by atoms with van der Waals surface area (Å²) >= 11 is 6.01. The molecular weight excluding hydrogens is 272 g/mol. The number of nitriles is 1. The summed E-state index contributed by atoms with van der Waals surface area (Å²) < 4.78 is 0. The Balaban J connectivity index is 2.18. The van der Waals surface area contributed by atoms with E-state index in [4.69, 9.17) is 11.6 Å². The number of halogens is 1. The van der Waals surface area contributed by atoms with Crippen LogP contribution < -0.4 is 5.32 Å². The molecule has 0 aliphatic heterocycles. The van der Waals surface area contributed by atoms with Crippen molar-refractivity contribution in [1.29, 1.82) is 5.26 Å². The normalized spacial score (nSPS) is 11.4. The molecular formula is C16H13ClN2O. The number of amides is 1. The fraction of sp³-hybridized carbons (Fsp3) is 0.125. The highest BCUT2D eigenvalue weighted by Gasteiger charge is 2.20. The van der Waals surface area contributed by atoms with E-state index in [0.29, 0.717) is 16.3 Å². The number of aryl methyl sites for hydroxylation is 1. The lowest BCUT2D eigenvalue weighted by molar-refractivity contribution is -0.116. The van der Waals surface area contributed by atoms with E-state index >= 15 is 0 Å². The Morgan fingerprint density at radius 1 is 1.25 bits per heavy atom. The molecule has 1 unspecified atom stereocenters. The van der Waals surface area contributed by atoms with Gasteiger partial charge in [0.1, 0.15) is 0 Å². The van der Waals surface area contributed by atoms with Gasteiger partial charge in [0.2, 0.25) is 5.91 Å². The predicted molar refractivity (Wildman–Crippen MR) is 79.6 cm³/mol. The van der Waals surface area contributed by atoms with Crippen molar-refractivity contribution in [3.8, 4) is 6.07 Å². The lowest BCUT2D eigenvalue weighted by Crippen LogP contribution is -2.19. The fourth-order valence-corrected chi connectivity index (χ4v) is 2.00. The third kappa shape index (κ3) is 3.17. The SMILES string of the molecule is Cc1ccc(NC(=O)C(C#N)c2ccccc2)cc1Cl. The van der Waals surface area contributed by atoms with E-state index in [1.54, 1.807) is 36.4 Å². The van der Waals surface area contributed by atoms with Crippen molar-refractivity contribution in [3.05, 3.63) is 64.7 Å². The largest absolute Gasteiger partial charge is 0.325 e. The Hall–Kier alpha value is -2.31. The molecule has 0 aromatic heterocycles. The number of rotatable bonds is 3. The van der Waals surface area contributed by atoms with Crippen molar-refractivity contribution in [1.82, 2.24) is 0 Å². The summed E-state index contributed by atoms with van der Waals surface area (Å²) in [5, 5.41) is 12.5. The lowest BCUT2D eigenvalue weighted by atomic mass is 10.00. The van der Waals surface area contributed by atoms with E-state index in [9.17, 15) is 10.1 Å². The van der Waals surface area contributed by atoms with Gasteiger partial charge >= 0.3 is 0 Å². The highest BCUT2D eigenvalue weighted by Crippen LogP contribution is 2.22. The van der Waals surface area contributed by atoms with Gasteiger partial charge in [-0.15, -0.1) is 0 Å². The summed E-state index contributed by atoms with van der Waals surface area (Å²) in [5.41, 5.74) is 2.19. The van der Waals surface area contributed by atoms with Crippen LogP contribution in [0.1, 0.15) is 17.0 Å². The lowest BCUT2D eigenvalue weighted by Gasteiger charge is -2.11. The van der Waals surface area contributed by atoms with Crippen LogP contribution in [0.4, 0.5) is 5.69 Å². The van der Waals surface area contributed by atoms with Gasteiger partial charge in [-0.05, 0) is 30.2 Å². The van der Waals surface area contributed by atoms with E-state index in [0.717, 1.165) is 5.56 Å². The Kier molecular flexibility index (Phi) is 4.39. The fourth-order valence-electron chi connectivity index (χ4n) is 1.82. The molecule has 3 nitrogen and oxygen atoms in total. The van der Waals surface area contributed by atoms with Crippen LogP contribution in [-0.2, 0) is 4.79 Å². The molecule has 0 bridgehead atoms. The Bertz CT molecular complexity index is 662. The van der Waals surface area contributed by atoms with Gasteiger partial charge in [-0.2, -0.15) is 5.26 Å². The van der Waals surface area contributed by atoms with Crippen molar-refractivity contribution in [2.75, 3.05) is 5.32 Å². The minimum absolute atomic E-state index is 0.362. The van der Waals surface area contributed by atoms with Crippen LogP contribution in [0.5, 0.6) is 0 Å². The summed E-state index contributed by atoms with van der Waals surface area (Å²) in [6.07, 6.45) is 0. The zero-order valence-corrected chi connectivity index (χ0v) is 11.7. The van der Waals surface area contributed by atoms with E-state index in [1.165, 1.54) is 0 Å². The highest BCUT2D eigenvalue weighted by molar-refractivity contribution is 6.31. The van der Waals surface area contributed by atoms with E-state index in [-0.39, 0.29) is 5.91 Å². The molecule has 0 fully saturated rings. The summed E-state index contributed by atoms with van der Waals surface area (Å²) in [5.74, 6) is -1.20. The second-order valence-corrected chi connectivity index (χ2v) is 4.83. The van der Waals surface area contributed by atoms with Crippen molar-refractivity contribution in [2.24, 2.45) is 0 Å². The van der Waals surface area contributed by atoms with Gasteiger partial charge in [0.05, 0.1) is 6.07 Å². The van der Waals surface area contributed by atoms with Crippen LogP contribution >= 0.6 is 11.6 Å². The number of nitrogens with zero attached hydrogens (tertiary/aromatic N) is 1. The number of nitrogens with one attached hydrogen (secondary N) is 1. The molecule has 0 spiro atoms. The molecule has 20 heavy (non-hydrogen) atoms. The topological polar surface area (TPSA) is 52.9 Å². The molecule has 0 aliphatic rings. The van der Waals surface area contributed by atoms with Crippen molar-refractivity contribution >= 4 is 23.2 Å². The summed E-state index contributed by atoms with van der Waals surface area (Å²) in [4.78, 5) is 12.2. The Labute approximate surface area is 122 Å². The number of benzene rings is 2. The van der Waals surface area contributed by atoms with Crippen LogP contribution in [0.3, 0.4) is 0 Å². The number of carbonyl (C=O) groups is 1. The highest BCUT2D eigenvalue weighted by atomic mass is 35.5. The molecule has 1 N–H and O–H groups in total. The minimum Gasteiger partial charge on any atom is -0.325 e. The molecule has 0 saturated carbocycles. The van der Waals surface area contributed by atoms with E-state index in [2.05, 4.69) is 5.32 Å². The first-order valence-corrected chi connectivity index (χ1v) is 6.51. The van der Waals surface area contributed by atoms with E-state index in [1.807, 2.05) is 25.1 Å². The van der Waals surface area contributed by atoms with Gasteiger partial charge in [0.25, 0.3) is 0 Å². The molecule has 100 valence electrons. The smallest absolute Gasteiger partial charge is 0.246 e. The number of hydrogen-bond donors (Lipinski definition) is 1. The maximum Gasteiger partial charge on any atom is 0.246 e. The maximum absolute atomic E-state index is 12.2. The molecule has 2 aromatic rings. The summed E-state index contributed by atoms with van der Waals surface area (Å²) in [7, 11) is 0. The van der Waals surface area contributed by atoms with Gasteiger partial charge in [0.15, 0.2) is 5.92 Å². The third-order valence-corrected chi connectivity index (χ3v) is 3.37. The molecule has 0 radical (unpaired) electrons. The molecule has 0 saturated heterocycles. The first-order valence-electron chi connectivity index (χ1n) is 6.13. The van der Waals surface area contributed by atoms with Crippen molar-refractivity contribution in [3.63, 3.8) is 0 Å². The predicted octanol–water partition coefficient (Wildman–Crippen LogP) is 3.89. The Morgan fingerprint density at radius 3 is 2.55 bits per heavy atom. The van der Waals surface area contributed by atoms with Crippen LogP contribution in [0.25, 0.3) is 0 Å². The minimum atomic E-state index is -0.837. The zero-order valence-electron chi connectivity index (χ0n) is 10.9. The molecule has 4 heteroatoms. The van der Waals surface area contributed by atoms with Gasteiger partial charge in [-0.1, -0.05) is 48.0 Å². The van der Waals surface area contributed by atoms with Gasteiger partial charge in [-0.25, -0.2) is 0 Å². The second-order valence-electron chi connectivity index (χ2n) is 4.43. The Morgan fingerprint density at radius 2 is 1.95 bits per heavy atom. The monoisotopic (exact) mass is 284 g/mol. The standard InChI is InChI=1S/C16H13ClN2O/c1-11-7-8-13(9-15(11)17)19-16(20)14(10-18)12-5-3-2-4-6-12/h2-9,14H,1H3,(H,19,20). The first kappa shape index (κ1) is 14.1. The van der Waals surface area contributed by atoms with Gasteiger partial charge < -0.3 is 5.32 Å². The number of carbonyl (C=O) groups excluding carboxylic acids is 1. The molecule has 1 atom stereocenters. The quantitative estimate of drug-likeness (QED) is 0.929. The summed E-state index contributed by atoms with van der Waals surface area (Å²) in [6, 6.07) is 16.2. The number of hydrogen-bond acceptors (Lipinski definition) is 2. The zero-order chi connectivity index (χ0) is 14.5. The third-order valence-electron chi connectivity index (χ3n) is 2.96. The molecule has 2 aromatic carbocycles. The van der Waals surface area contributed by atoms with Gasteiger partial charge in [0, 0.05) is 10.7 Å². The van der Waals surface area contributed by atoms with Crippen molar-refractivity contribution in [2.45, 2.75) is 12.8 Å². The van der Waals surface area contributed by atoms with Crippen LogP contribution in [0, 0.1) is 18.3 Å². The van der Waals surface area contributed by atoms with Crippen LogP contribution in [-0.4, -0.2) is 5.91 Å². The first-order chi connectivity index (χ1) is 9.61. The molecule has 2 rings (SSSR count). The maximum atomic E-state index is 12.2. The van der Waals surface area contributed by atoms with Crippen LogP contribution in [0.15, 0.2) is 48.5 Å². The second kappa shape index (κ2) is 6.23. The average molecular weight is 285 g/mol. The average Bonchev–Trinajstić information content (AvgIpc) is 2.45. The molecule has 0 aliphatic carbocycles. The number of anilines is 1. The van der Waals surface area contributed by atoms with Crippen LogP contribution in [0.2, 0.25) is 5.02 Å². The molecule has 1 amide bonds. The van der Waals surface area contributed by atoms with Crippen molar-refractivity contribution < 1.29 is 4.79 Å². The molecule has 0 heterocycles. The van der Waals surface area contributed by atoms with E-state index < -0.39 is 5.92 Å². The van der Waals surface area contributed by atoms with Gasteiger partial charge in [-0.3, -0.25) is 4.79 Å².